The first-order valence-electron chi connectivity index (χ1n) is 9.00. The predicted molar refractivity (Wildman–Crippen MR) is 113 cm³/mol. The molecule has 148 valence electrons. The Labute approximate surface area is 171 Å². The number of rotatable bonds is 5. The highest BCUT2D eigenvalue weighted by atomic mass is 32.1. The second-order valence-electron chi connectivity index (χ2n) is 6.50. The summed E-state index contributed by atoms with van der Waals surface area (Å²) in [5.74, 6) is 0.737. The minimum atomic E-state index is -0.519. The zero-order chi connectivity index (χ0) is 20.4. The van der Waals surface area contributed by atoms with E-state index in [1.54, 1.807) is 18.0 Å². The maximum absolute atomic E-state index is 12.3. The van der Waals surface area contributed by atoms with Crippen LogP contribution in [0.25, 0.3) is 21.5 Å². The highest BCUT2D eigenvalue weighted by Crippen LogP contribution is 2.36. The predicted octanol–water partition coefficient (Wildman–Crippen LogP) is 4.76. The van der Waals surface area contributed by atoms with Crippen molar-refractivity contribution >= 4 is 33.3 Å². The summed E-state index contributed by atoms with van der Waals surface area (Å²) in [6.45, 7) is 2.02. The Morgan fingerprint density at radius 1 is 1.24 bits per heavy atom. The van der Waals surface area contributed by atoms with Crippen LogP contribution in [-0.4, -0.2) is 28.0 Å². The number of nitrogens with zero attached hydrogens (tertiary/aromatic N) is 3. The van der Waals surface area contributed by atoms with Gasteiger partial charge in [-0.2, -0.15) is 5.10 Å². The van der Waals surface area contributed by atoms with Gasteiger partial charge in [0.15, 0.2) is 0 Å². The minimum absolute atomic E-state index is 0.174. The van der Waals surface area contributed by atoms with Crippen LogP contribution in [0.2, 0.25) is 0 Å². The smallest absolute Gasteiger partial charge is 0.412 e. The monoisotopic (exact) mass is 408 g/mol. The van der Waals surface area contributed by atoms with Gasteiger partial charge in [-0.1, -0.05) is 29.5 Å². The van der Waals surface area contributed by atoms with Crippen molar-refractivity contribution in [3.8, 4) is 16.3 Å². The third-order valence-corrected chi connectivity index (χ3v) is 5.64. The maximum atomic E-state index is 12.3. The summed E-state index contributed by atoms with van der Waals surface area (Å²) >= 11 is 1.38. The van der Waals surface area contributed by atoms with Crippen molar-refractivity contribution in [3.63, 3.8) is 0 Å². The number of carbonyl (C=O) groups is 1. The highest BCUT2D eigenvalue weighted by molar-refractivity contribution is 7.19. The lowest BCUT2D eigenvalue weighted by Crippen LogP contribution is -2.13. The molecule has 1 N–H and O–H groups in total. The molecule has 0 saturated carbocycles. The number of hydrogen-bond donors (Lipinski definition) is 1. The summed E-state index contributed by atoms with van der Waals surface area (Å²) in [4.78, 5) is 16.8. The van der Waals surface area contributed by atoms with Crippen molar-refractivity contribution in [3.05, 3.63) is 59.9 Å². The number of hydrogen-bond acceptors (Lipinski definition) is 6. The van der Waals surface area contributed by atoms with Crippen molar-refractivity contribution in [2.24, 2.45) is 7.05 Å². The van der Waals surface area contributed by atoms with Crippen LogP contribution in [0.1, 0.15) is 11.3 Å². The van der Waals surface area contributed by atoms with Gasteiger partial charge >= 0.3 is 6.09 Å². The Kier molecular flexibility index (Phi) is 5.18. The van der Waals surface area contributed by atoms with Crippen molar-refractivity contribution < 1.29 is 14.3 Å². The van der Waals surface area contributed by atoms with Crippen LogP contribution >= 0.6 is 11.3 Å². The molecule has 7 nitrogen and oxygen atoms in total. The molecule has 2 aromatic carbocycles. The molecule has 4 rings (SSSR count). The molecule has 4 aromatic rings. The van der Waals surface area contributed by atoms with Gasteiger partial charge in [0.25, 0.3) is 0 Å². The zero-order valence-corrected chi connectivity index (χ0v) is 17.1. The summed E-state index contributed by atoms with van der Waals surface area (Å²) in [6.07, 6.45) is 1.27. The van der Waals surface area contributed by atoms with E-state index in [-0.39, 0.29) is 6.61 Å². The first kappa shape index (κ1) is 18.9. The molecule has 0 aliphatic carbocycles. The number of ether oxygens (including phenoxy) is 2. The lowest BCUT2D eigenvalue weighted by molar-refractivity contribution is 0.155. The average molecular weight is 408 g/mol. The largest absolute Gasteiger partial charge is 0.496 e. The highest BCUT2D eigenvalue weighted by Gasteiger charge is 2.15. The van der Waals surface area contributed by atoms with Crippen molar-refractivity contribution in [2.45, 2.75) is 13.5 Å². The molecule has 0 saturated heterocycles. The van der Waals surface area contributed by atoms with Gasteiger partial charge in [-0.25, -0.2) is 9.78 Å². The van der Waals surface area contributed by atoms with Crippen molar-refractivity contribution in [1.82, 2.24) is 14.8 Å². The number of methoxy groups -OCH3 is 1. The van der Waals surface area contributed by atoms with Crippen LogP contribution in [0.5, 0.6) is 5.75 Å². The van der Waals surface area contributed by atoms with Gasteiger partial charge in [-0.15, -0.1) is 0 Å². The number of benzene rings is 2. The Hall–Kier alpha value is -3.39. The molecule has 8 heteroatoms. The second-order valence-corrected chi connectivity index (χ2v) is 7.50. The molecule has 2 heterocycles. The lowest BCUT2D eigenvalue weighted by atomic mass is 10.2. The normalized spacial score (nSPS) is 10.9. The van der Waals surface area contributed by atoms with Gasteiger partial charge in [0.1, 0.15) is 22.4 Å². The van der Waals surface area contributed by atoms with Gasteiger partial charge < -0.3 is 9.47 Å². The molecule has 0 atom stereocenters. The van der Waals surface area contributed by atoms with Gasteiger partial charge in [0.2, 0.25) is 0 Å². The second kappa shape index (κ2) is 7.92. The van der Waals surface area contributed by atoms with E-state index >= 15 is 0 Å². The first-order chi connectivity index (χ1) is 14.0. The van der Waals surface area contributed by atoms with E-state index in [1.165, 1.54) is 11.3 Å². The molecule has 0 fully saturated rings. The number of thiazole rings is 1. The number of aryl methyl sites for hydroxylation is 2. The number of para-hydroxylation sites is 1. The van der Waals surface area contributed by atoms with E-state index in [0.29, 0.717) is 5.00 Å². The summed E-state index contributed by atoms with van der Waals surface area (Å²) in [5, 5.41) is 9.44. The van der Waals surface area contributed by atoms with Crippen LogP contribution in [0.3, 0.4) is 0 Å². The Balaban J connectivity index is 1.43. The third-order valence-electron chi connectivity index (χ3n) is 4.53. The van der Waals surface area contributed by atoms with Gasteiger partial charge in [-0.3, -0.25) is 10.00 Å². The van der Waals surface area contributed by atoms with Gasteiger partial charge in [0, 0.05) is 12.4 Å². The fraction of sp³-hybridized carbons (Fsp3) is 0.190. The van der Waals surface area contributed by atoms with E-state index in [4.69, 9.17) is 9.47 Å². The molecular weight excluding hydrogens is 388 g/mol. The third kappa shape index (κ3) is 3.93. The quantitative estimate of drug-likeness (QED) is 0.515. The number of anilines is 1. The average Bonchev–Trinajstić information content (AvgIpc) is 3.28. The van der Waals surface area contributed by atoms with E-state index in [2.05, 4.69) is 15.4 Å². The number of fused-ring (bicyclic) bond motifs is 1. The topological polar surface area (TPSA) is 78.3 Å². The van der Waals surface area contributed by atoms with Gasteiger partial charge in [-0.05, 0) is 36.8 Å². The molecule has 0 radical (unpaired) electrons. The van der Waals surface area contributed by atoms with E-state index in [0.717, 1.165) is 38.5 Å². The first-order valence-corrected chi connectivity index (χ1v) is 9.82. The van der Waals surface area contributed by atoms with Crippen molar-refractivity contribution in [2.75, 3.05) is 12.4 Å². The SMILES string of the molecule is COc1ccccc1-c1nc(C)c(NC(=O)OCc2ccc3c(cnn3C)c2)s1. The number of aromatic nitrogens is 3. The molecule has 0 aliphatic heterocycles. The molecule has 0 spiro atoms. The summed E-state index contributed by atoms with van der Waals surface area (Å²) < 4.78 is 12.6. The van der Waals surface area contributed by atoms with E-state index in [9.17, 15) is 4.79 Å². The molecule has 29 heavy (non-hydrogen) atoms. The summed E-state index contributed by atoms with van der Waals surface area (Å²) in [7, 11) is 3.52. The fourth-order valence-corrected chi connectivity index (χ4v) is 4.01. The maximum Gasteiger partial charge on any atom is 0.412 e. The molecule has 1 amide bonds. The summed E-state index contributed by atoms with van der Waals surface area (Å²) in [5.41, 5.74) is 3.54. The van der Waals surface area contributed by atoms with E-state index < -0.39 is 6.09 Å². The Morgan fingerprint density at radius 3 is 2.90 bits per heavy atom. The Bertz CT molecular complexity index is 1180. The molecule has 0 unspecified atom stereocenters. The van der Waals surface area contributed by atoms with Crippen LogP contribution in [0, 0.1) is 6.92 Å². The minimum Gasteiger partial charge on any atom is -0.496 e. The van der Waals surface area contributed by atoms with Crippen molar-refractivity contribution in [1.29, 1.82) is 0 Å². The van der Waals surface area contributed by atoms with Crippen LogP contribution in [-0.2, 0) is 18.4 Å². The number of nitrogens with one attached hydrogen (secondary N) is 1. The standard InChI is InChI=1S/C21H20N4O3S/c1-13-19(29-20(23-13)16-6-4-5-7-18(16)27-3)24-21(26)28-12-14-8-9-17-15(10-14)11-22-25(17)2/h4-11H,12H2,1-3H3,(H,24,26). The Morgan fingerprint density at radius 2 is 2.07 bits per heavy atom. The van der Waals surface area contributed by atoms with Crippen LogP contribution in [0.4, 0.5) is 9.80 Å². The summed E-state index contributed by atoms with van der Waals surface area (Å²) in [6, 6.07) is 13.5. The van der Waals surface area contributed by atoms with Gasteiger partial charge in [0.05, 0.1) is 30.1 Å². The number of carbonyl (C=O) groups excluding carboxylic acids is 1. The molecule has 0 bridgehead atoms. The molecule has 2 aromatic heterocycles. The van der Waals surface area contributed by atoms with Crippen LogP contribution < -0.4 is 10.1 Å². The molecular formula is C21H20N4O3S. The van der Waals surface area contributed by atoms with Crippen LogP contribution in [0.15, 0.2) is 48.7 Å². The lowest BCUT2D eigenvalue weighted by Gasteiger charge is -2.06. The molecule has 0 aliphatic rings. The zero-order valence-electron chi connectivity index (χ0n) is 16.3. The number of amides is 1. The fourth-order valence-electron chi connectivity index (χ4n) is 3.03. The van der Waals surface area contributed by atoms with E-state index in [1.807, 2.05) is 56.4 Å².